The van der Waals surface area contributed by atoms with E-state index >= 15 is 0 Å². The van der Waals surface area contributed by atoms with Crippen molar-refractivity contribution in [3.05, 3.63) is 0 Å². The third-order valence-electron chi connectivity index (χ3n) is 4.64. The Balaban J connectivity index is 1.71. The number of hydrogen-bond donors (Lipinski definition) is 3. The number of fused-ring (bicyclic) bond motifs is 2. The van der Waals surface area contributed by atoms with E-state index in [0.717, 1.165) is 25.4 Å². The quantitative estimate of drug-likeness (QED) is 0.590. The molecular formula is C12H22N2O. The lowest BCUT2D eigenvalue weighted by Crippen LogP contribution is -2.52. The molecule has 3 saturated heterocycles. The molecule has 0 aromatic rings. The van der Waals surface area contributed by atoms with Crippen molar-refractivity contribution in [1.29, 1.82) is 0 Å². The molecule has 3 fully saturated rings. The molecule has 0 aromatic carbocycles. The molecule has 0 aliphatic carbocycles. The Morgan fingerprint density at radius 3 is 2.60 bits per heavy atom. The molecule has 3 N–H and O–H groups in total. The predicted octanol–water partition coefficient (Wildman–Crippen LogP) is 0.487. The standard InChI is InChI=1S/C12H22N2O/c15-11-7-9-1-2-10(14-9)12(11)8-3-5-13-6-4-8/h8-15H,1-7H2. The molecule has 0 aromatic heterocycles. The fourth-order valence-corrected chi connectivity index (χ4v) is 3.93. The van der Waals surface area contributed by atoms with Gasteiger partial charge in [0.2, 0.25) is 0 Å². The minimum Gasteiger partial charge on any atom is -0.393 e. The molecule has 3 nitrogen and oxygen atoms in total. The van der Waals surface area contributed by atoms with Gasteiger partial charge in [0, 0.05) is 18.0 Å². The van der Waals surface area contributed by atoms with Crippen LogP contribution in [0.3, 0.4) is 0 Å². The normalized spacial score (nSPS) is 47.0. The molecule has 3 rings (SSSR count). The van der Waals surface area contributed by atoms with Gasteiger partial charge in [0.1, 0.15) is 0 Å². The van der Waals surface area contributed by atoms with Gasteiger partial charge < -0.3 is 15.7 Å². The minimum atomic E-state index is -0.0353. The lowest BCUT2D eigenvalue weighted by molar-refractivity contribution is 0.0115. The highest BCUT2D eigenvalue weighted by atomic mass is 16.3. The summed E-state index contributed by atoms with van der Waals surface area (Å²) in [6.07, 6.45) is 6.03. The largest absolute Gasteiger partial charge is 0.393 e. The molecule has 0 saturated carbocycles. The van der Waals surface area contributed by atoms with Crippen LogP contribution in [-0.4, -0.2) is 36.4 Å². The molecule has 4 unspecified atom stereocenters. The van der Waals surface area contributed by atoms with Crippen molar-refractivity contribution in [2.24, 2.45) is 11.8 Å². The molecule has 0 amide bonds. The average Bonchev–Trinajstić information content (AvgIpc) is 2.62. The molecule has 3 aliphatic heterocycles. The molecule has 0 radical (unpaired) electrons. The fourth-order valence-electron chi connectivity index (χ4n) is 3.93. The molecule has 2 bridgehead atoms. The number of aliphatic hydroxyl groups is 1. The van der Waals surface area contributed by atoms with Crippen LogP contribution in [0.4, 0.5) is 0 Å². The Morgan fingerprint density at radius 1 is 1.00 bits per heavy atom. The molecule has 15 heavy (non-hydrogen) atoms. The second-order valence-electron chi connectivity index (χ2n) is 5.52. The summed E-state index contributed by atoms with van der Waals surface area (Å²) in [6.45, 7) is 2.29. The second kappa shape index (κ2) is 4.04. The first kappa shape index (κ1) is 10.1. The summed E-state index contributed by atoms with van der Waals surface area (Å²) in [5.74, 6) is 1.28. The zero-order valence-corrected chi connectivity index (χ0v) is 9.28. The summed E-state index contributed by atoms with van der Waals surface area (Å²) in [5.41, 5.74) is 0. The molecule has 4 atom stereocenters. The zero-order valence-electron chi connectivity index (χ0n) is 9.28. The first-order chi connectivity index (χ1) is 7.34. The summed E-state index contributed by atoms with van der Waals surface area (Å²) in [4.78, 5) is 0. The van der Waals surface area contributed by atoms with Crippen LogP contribution < -0.4 is 10.6 Å². The minimum absolute atomic E-state index is 0.0353. The van der Waals surface area contributed by atoms with Gasteiger partial charge in [0.15, 0.2) is 0 Å². The highest BCUT2D eigenvalue weighted by Gasteiger charge is 2.44. The van der Waals surface area contributed by atoms with Crippen LogP contribution >= 0.6 is 0 Å². The van der Waals surface area contributed by atoms with E-state index in [1.807, 2.05) is 0 Å². The van der Waals surface area contributed by atoms with Crippen LogP contribution in [0.1, 0.15) is 32.1 Å². The van der Waals surface area contributed by atoms with Crippen molar-refractivity contribution < 1.29 is 5.11 Å². The first-order valence-electron chi connectivity index (χ1n) is 6.49. The number of piperidine rings is 2. The van der Waals surface area contributed by atoms with Crippen molar-refractivity contribution in [3.8, 4) is 0 Å². The molecule has 0 spiro atoms. The topological polar surface area (TPSA) is 44.3 Å². The zero-order chi connectivity index (χ0) is 10.3. The summed E-state index contributed by atoms with van der Waals surface area (Å²) in [6, 6.07) is 1.23. The average molecular weight is 210 g/mol. The van der Waals surface area contributed by atoms with Crippen molar-refractivity contribution in [1.82, 2.24) is 10.6 Å². The van der Waals surface area contributed by atoms with E-state index in [1.165, 1.54) is 25.7 Å². The van der Waals surface area contributed by atoms with Crippen LogP contribution in [0.25, 0.3) is 0 Å². The van der Waals surface area contributed by atoms with Crippen LogP contribution in [0.2, 0.25) is 0 Å². The Hall–Kier alpha value is -0.120. The number of rotatable bonds is 1. The van der Waals surface area contributed by atoms with Crippen LogP contribution in [-0.2, 0) is 0 Å². The summed E-state index contributed by atoms with van der Waals surface area (Å²) in [5, 5.41) is 17.3. The maximum Gasteiger partial charge on any atom is 0.0600 e. The third kappa shape index (κ3) is 1.81. The Bertz CT molecular complexity index is 228. The lowest BCUT2D eigenvalue weighted by Gasteiger charge is -2.41. The highest BCUT2D eigenvalue weighted by molar-refractivity contribution is 5.00. The van der Waals surface area contributed by atoms with Crippen molar-refractivity contribution >= 4 is 0 Å². The number of nitrogens with one attached hydrogen (secondary N) is 2. The van der Waals surface area contributed by atoms with Crippen LogP contribution in [0.15, 0.2) is 0 Å². The molecule has 3 aliphatic rings. The second-order valence-corrected chi connectivity index (χ2v) is 5.52. The van der Waals surface area contributed by atoms with E-state index < -0.39 is 0 Å². The first-order valence-corrected chi connectivity index (χ1v) is 6.49. The molecule has 86 valence electrons. The van der Waals surface area contributed by atoms with E-state index in [1.54, 1.807) is 0 Å². The lowest BCUT2D eigenvalue weighted by atomic mass is 9.75. The van der Waals surface area contributed by atoms with E-state index in [9.17, 15) is 5.11 Å². The van der Waals surface area contributed by atoms with Crippen molar-refractivity contribution in [2.45, 2.75) is 50.3 Å². The molecule has 3 heterocycles. The van der Waals surface area contributed by atoms with E-state index in [2.05, 4.69) is 10.6 Å². The van der Waals surface area contributed by atoms with Gasteiger partial charge in [-0.05, 0) is 51.1 Å². The van der Waals surface area contributed by atoms with Gasteiger partial charge in [-0.15, -0.1) is 0 Å². The maximum atomic E-state index is 10.2. The van der Waals surface area contributed by atoms with E-state index in [-0.39, 0.29) is 6.10 Å². The van der Waals surface area contributed by atoms with E-state index in [4.69, 9.17) is 0 Å². The number of aliphatic hydroxyl groups excluding tert-OH is 1. The number of hydrogen-bond acceptors (Lipinski definition) is 3. The van der Waals surface area contributed by atoms with Gasteiger partial charge >= 0.3 is 0 Å². The summed E-state index contributed by atoms with van der Waals surface area (Å²) in [7, 11) is 0. The summed E-state index contributed by atoms with van der Waals surface area (Å²) >= 11 is 0. The SMILES string of the molecule is OC1CC2CCC(N2)C1C1CCNCC1. The summed E-state index contributed by atoms with van der Waals surface area (Å²) < 4.78 is 0. The Morgan fingerprint density at radius 2 is 1.80 bits per heavy atom. The van der Waals surface area contributed by atoms with Crippen molar-refractivity contribution in [3.63, 3.8) is 0 Å². The van der Waals surface area contributed by atoms with Gasteiger partial charge in [-0.25, -0.2) is 0 Å². The van der Waals surface area contributed by atoms with Gasteiger partial charge in [0.05, 0.1) is 6.10 Å². The monoisotopic (exact) mass is 210 g/mol. The van der Waals surface area contributed by atoms with Gasteiger partial charge in [-0.3, -0.25) is 0 Å². The third-order valence-corrected chi connectivity index (χ3v) is 4.64. The fraction of sp³-hybridized carbons (Fsp3) is 1.00. The van der Waals surface area contributed by atoms with Crippen LogP contribution in [0, 0.1) is 11.8 Å². The Labute approximate surface area is 91.6 Å². The van der Waals surface area contributed by atoms with Gasteiger partial charge in [-0.1, -0.05) is 0 Å². The van der Waals surface area contributed by atoms with Gasteiger partial charge in [0.25, 0.3) is 0 Å². The van der Waals surface area contributed by atoms with Crippen LogP contribution in [0.5, 0.6) is 0 Å². The smallest absolute Gasteiger partial charge is 0.0600 e. The van der Waals surface area contributed by atoms with E-state index in [0.29, 0.717) is 18.0 Å². The van der Waals surface area contributed by atoms with Crippen molar-refractivity contribution in [2.75, 3.05) is 13.1 Å². The molecule has 3 heteroatoms. The maximum absolute atomic E-state index is 10.2. The van der Waals surface area contributed by atoms with Gasteiger partial charge in [-0.2, -0.15) is 0 Å². The highest BCUT2D eigenvalue weighted by Crippen LogP contribution is 2.38. The molecular weight excluding hydrogens is 188 g/mol. The Kier molecular flexibility index (Phi) is 2.71. The predicted molar refractivity (Wildman–Crippen MR) is 59.7 cm³/mol.